The van der Waals surface area contributed by atoms with Crippen LogP contribution in [0.15, 0.2) is 11.3 Å². The van der Waals surface area contributed by atoms with E-state index < -0.39 is 0 Å². The second-order valence-electron chi connectivity index (χ2n) is 1.36. The van der Waals surface area contributed by atoms with Gasteiger partial charge in [-0.3, -0.25) is 0 Å². The Hall–Kier alpha value is -1.48. The molecule has 0 amide bonds. The predicted octanol–water partition coefficient (Wildman–Crippen LogP) is 0.954. The summed E-state index contributed by atoms with van der Waals surface area (Å²) >= 11 is 0. The highest BCUT2D eigenvalue weighted by atomic mass is 16.5. The van der Waals surface area contributed by atoms with Gasteiger partial charge in [-0.2, -0.15) is 10.5 Å². The number of ether oxygens (including phenoxy) is 1. The molecule has 0 aromatic carbocycles. The Balaban J connectivity index is 4.49. The Morgan fingerprint density at radius 2 is 1.78 bits per heavy atom. The van der Waals surface area contributed by atoms with Crippen LogP contribution in [-0.2, 0) is 4.74 Å². The van der Waals surface area contributed by atoms with Crippen molar-refractivity contribution in [2.24, 2.45) is 0 Å². The van der Waals surface area contributed by atoms with Crippen molar-refractivity contribution in [1.29, 1.82) is 10.5 Å². The Kier molecular flexibility index (Phi) is 2.94. The van der Waals surface area contributed by atoms with Gasteiger partial charge in [0.1, 0.15) is 17.9 Å². The van der Waals surface area contributed by atoms with Crippen molar-refractivity contribution in [1.82, 2.24) is 0 Å². The first-order valence-electron chi connectivity index (χ1n) is 2.31. The van der Waals surface area contributed by atoms with Crippen molar-refractivity contribution in [3.05, 3.63) is 11.3 Å². The van der Waals surface area contributed by atoms with Gasteiger partial charge < -0.3 is 4.74 Å². The Labute approximate surface area is 53.8 Å². The molecule has 0 saturated carbocycles. The van der Waals surface area contributed by atoms with Crippen LogP contribution in [0.3, 0.4) is 0 Å². The molecular formula is C6H6N2O. The van der Waals surface area contributed by atoms with Gasteiger partial charge in [0.25, 0.3) is 0 Å². The van der Waals surface area contributed by atoms with Gasteiger partial charge in [-0.25, -0.2) is 0 Å². The maximum Gasteiger partial charge on any atom is 0.166 e. The van der Waals surface area contributed by atoms with Crippen LogP contribution in [0.5, 0.6) is 0 Å². The molecule has 0 N–H and O–H groups in total. The van der Waals surface area contributed by atoms with Crippen LogP contribution in [0.1, 0.15) is 6.92 Å². The summed E-state index contributed by atoms with van der Waals surface area (Å²) < 4.78 is 4.63. The van der Waals surface area contributed by atoms with Crippen molar-refractivity contribution in [2.75, 3.05) is 7.11 Å². The van der Waals surface area contributed by atoms with E-state index in [9.17, 15) is 0 Å². The zero-order chi connectivity index (χ0) is 7.28. The molecule has 0 atom stereocenters. The van der Waals surface area contributed by atoms with E-state index >= 15 is 0 Å². The molecule has 0 unspecified atom stereocenters. The number of methoxy groups -OCH3 is 1. The highest BCUT2D eigenvalue weighted by Crippen LogP contribution is 2.00. The molecule has 0 aromatic heterocycles. The first-order valence-corrected chi connectivity index (χ1v) is 2.31. The largest absolute Gasteiger partial charge is 0.499 e. The van der Waals surface area contributed by atoms with Crippen LogP contribution in [0.2, 0.25) is 0 Å². The van der Waals surface area contributed by atoms with Crippen molar-refractivity contribution in [3.8, 4) is 12.1 Å². The minimum Gasteiger partial charge on any atom is -0.499 e. The number of hydrogen-bond acceptors (Lipinski definition) is 3. The number of rotatable bonds is 1. The second-order valence-corrected chi connectivity index (χ2v) is 1.36. The molecule has 9 heavy (non-hydrogen) atoms. The van der Waals surface area contributed by atoms with Gasteiger partial charge in [-0.05, 0) is 6.92 Å². The van der Waals surface area contributed by atoms with E-state index in [0.29, 0.717) is 5.76 Å². The highest BCUT2D eigenvalue weighted by molar-refractivity contribution is 5.36. The van der Waals surface area contributed by atoms with Crippen LogP contribution < -0.4 is 0 Å². The summed E-state index contributed by atoms with van der Waals surface area (Å²) in [7, 11) is 1.42. The Morgan fingerprint density at radius 3 is 1.89 bits per heavy atom. The zero-order valence-corrected chi connectivity index (χ0v) is 5.30. The van der Waals surface area contributed by atoms with Crippen LogP contribution in [-0.4, -0.2) is 7.11 Å². The molecule has 0 aliphatic carbocycles. The molecule has 0 aliphatic rings. The van der Waals surface area contributed by atoms with Gasteiger partial charge in [0.2, 0.25) is 0 Å². The first kappa shape index (κ1) is 7.52. The summed E-state index contributed by atoms with van der Waals surface area (Å²) in [5.41, 5.74) is 0.0255. The average Bonchev–Trinajstić information content (AvgIpc) is 1.90. The van der Waals surface area contributed by atoms with Crippen LogP contribution in [0, 0.1) is 22.7 Å². The molecule has 0 heterocycles. The minimum absolute atomic E-state index is 0.0255. The topological polar surface area (TPSA) is 56.8 Å². The van der Waals surface area contributed by atoms with Crippen molar-refractivity contribution in [2.45, 2.75) is 6.92 Å². The molecule has 0 aromatic rings. The van der Waals surface area contributed by atoms with Gasteiger partial charge in [-0.1, -0.05) is 0 Å². The molecule has 0 aliphatic heterocycles. The van der Waals surface area contributed by atoms with Gasteiger partial charge in [0, 0.05) is 0 Å². The fourth-order valence-corrected chi connectivity index (χ4v) is 0.285. The molecule has 0 bridgehead atoms. The quantitative estimate of drug-likeness (QED) is 0.384. The lowest BCUT2D eigenvalue weighted by atomic mass is 10.3. The lowest BCUT2D eigenvalue weighted by molar-refractivity contribution is 0.292. The third-order valence-electron chi connectivity index (χ3n) is 0.882. The number of nitrogens with zero attached hydrogens (tertiary/aromatic N) is 2. The van der Waals surface area contributed by atoms with Gasteiger partial charge >= 0.3 is 0 Å². The maximum absolute atomic E-state index is 8.22. The van der Waals surface area contributed by atoms with E-state index in [4.69, 9.17) is 10.5 Å². The summed E-state index contributed by atoms with van der Waals surface area (Å²) in [6.45, 7) is 1.57. The van der Waals surface area contributed by atoms with E-state index in [-0.39, 0.29) is 5.57 Å². The average molecular weight is 122 g/mol. The Morgan fingerprint density at radius 1 is 1.33 bits per heavy atom. The SMILES string of the molecule is COC(C)=C(C#N)C#N. The standard InChI is InChI=1S/C6H6N2O/c1-5(9-2)6(3-7)4-8/h1-2H3. The summed E-state index contributed by atoms with van der Waals surface area (Å²) in [6.07, 6.45) is 0. The highest BCUT2D eigenvalue weighted by Gasteiger charge is 1.97. The smallest absolute Gasteiger partial charge is 0.166 e. The molecule has 46 valence electrons. The molecule has 0 rings (SSSR count). The van der Waals surface area contributed by atoms with Crippen LogP contribution in [0.4, 0.5) is 0 Å². The molecule has 0 saturated heterocycles. The predicted molar refractivity (Wildman–Crippen MR) is 30.9 cm³/mol. The number of nitriles is 2. The number of allylic oxidation sites excluding steroid dienone is 2. The Bertz CT molecular complexity index is 188. The monoisotopic (exact) mass is 122 g/mol. The van der Waals surface area contributed by atoms with E-state index in [1.165, 1.54) is 7.11 Å². The third-order valence-corrected chi connectivity index (χ3v) is 0.882. The van der Waals surface area contributed by atoms with Crippen molar-refractivity contribution in [3.63, 3.8) is 0 Å². The summed E-state index contributed by atoms with van der Waals surface area (Å²) in [5, 5.41) is 16.4. The van der Waals surface area contributed by atoms with Gasteiger partial charge in [-0.15, -0.1) is 0 Å². The van der Waals surface area contributed by atoms with E-state index in [1.54, 1.807) is 19.1 Å². The minimum atomic E-state index is 0.0255. The molecule has 3 nitrogen and oxygen atoms in total. The van der Waals surface area contributed by atoms with Gasteiger partial charge in [0.15, 0.2) is 5.57 Å². The van der Waals surface area contributed by atoms with E-state index in [0.717, 1.165) is 0 Å². The first-order chi connectivity index (χ1) is 4.26. The van der Waals surface area contributed by atoms with E-state index in [2.05, 4.69) is 4.74 Å². The summed E-state index contributed by atoms with van der Waals surface area (Å²) in [5.74, 6) is 0.361. The molecule has 0 spiro atoms. The zero-order valence-electron chi connectivity index (χ0n) is 5.30. The molecular weight excluding hydrogens is 116 g/mol. The molecule has 3 heteroatoms. The molecule has 0 radical (unpaired) electrons. The number of hydrogen-bond donors (Lipinski definition) is 0. The second kappa shape index (κ2) is 3.51. The lowest BCUT2D eigenvalue weighted by Gasteiger charge is -1.94. The lowest BCUT2D eigenvalue weighted by Crippen LogP contribution is -1.84. The third kappa shape index (κ3) is 1.84. The summed E-state index contributed by atoms with van der Waals surface area (Å²) in [6, 6.07) is 3.39. The maximum atomic E-state index is 8.22. The molecule has 0 fully saturated rings. The van der Waals surface area contributed by atoms with Crippen LogP contribution >= 0.6 is 0 Å². The van der Waals surface area contributed by atoms with Crippen LogP contribution in [0.25, 0.3) is 0 Å². The van der Waals surface area contributed by atoms with Gasteiger partial charge in [0.05, 0.1) is 7.11 Å². The normalized spacial score (nSPS) is 6.67. The van der Waals surface area contributed by atoms with Crippen molar-refractivity contribution >= 4 is 0 Å². The fourth-order valence-electron chi connectivity index (χ4n) is 0.285. The fraction of sp³-hybridized carbons (Fsp3) is 0.333. The summed E-state index contributed by atoms with van der Waals surface area (Å²) in [4.78, 5) is 0. The van der Waals surface area contributed by atoms with E-state index in [1.807, 2.05) is 0 Å². The van der Waals surface area contributed by atoms with Crippen molar-refractivity contribution < 1.29 is 4.74 Å².